The van der Waals surface area contributed by atoms with Crippen molar-refractivity contribution >= 4 is 22.6 Å². The summed E-state index contributed by atoms with van der Waals surface area (Å²) in [5.74, 6) is 0.615. The number of para-hydroxylation sites is 2. The van der Waals surface area contributed by atoms with Gasteiger partial charge in [-0.15, -0.1) is 0 Å². The lowest BCUT2D eigenvalue weighted by Gasteiger charge is -2.36. The lowest BCUT2D eigenvalue weighted by molar-refractivity contribution is -0.131. The highest BCUT2D eigenvalue weighted by Gasteiger charge is 2.24. The number of anilines is 1. The van der Waals surface area contributed by atoms with Crippen molar-refractivity contribution in [3.05, 3.63) is 48.3 Å². The van der Waals surface area contributed by atoms with Crippen LogP contribution >= 0.6 is 0 Å². The van der Waals surface area contributed by atoms with Gasteiger partial charge in [0, 0.05) is 52.0 Å². The van der Waals surface area contributed by atoms with Gasteiger partial charge in [-0.05, 0) is 43.2 Å². The van der Waals surface area contributed by atoms with Gasteiger partial charge in [-0.2, -0.15) is 0 Å². The minimum absolute atomic E-state index is 0.247. The SMILES string of the molecule is Cn1c(-c2cc(N3CCN(CC(=O)N4CCCC4)CC3)ccc2F)nc2ccccc21. The molecule has 0 saturated carbocycles. The van der Waals surface area contributed by atoms with Crippen LogP contribution in [0, 0.1) is 5.82 Å². The molecule has 0 atom stereocenters. The molecule has 3 aromatic rings. The van der Waals surface area contributed by atoms with E-state index in [1.165, 1.54) is 6.07 Å². The number of aromatic nitrogens is 2. The van der Waals surface area contributed by atoms with Crippen molar-refractivity contribution in [2.75, 3.05) is 50.7 Å². The number of carbonyl (C=O) groups is 1. The molecule has 0 unspecified atom stereocenters. The fraction of sp³-hybridized carbons (Fsp3) is 0.417. The Morgan fingerprint density at radius 1 is 1.00 bits per heavy atom. The number of nitrogens with zero attached hydrogens (tertiary/aromatic N) is 5. The number of benzene rings is 2. The molecule has 2 aliphatic rings. The molecule has 31 heavy (non-hydrogen) atoms. The highest BCUT2D eigenvalue weighted by atomic mass is 19.1. The standard InChI is InChI=1S/C24H28FN5O/c1-27-22-7-3-2-6-21(22)26-24(27)19-16-18(8-9-20(19)25)29-14-12-28(13-15-29)17-23(31)30-10-4-5-11-30/h2-3,6-9,16H,4-5,10-15,17H2,1H3. The molecule has 1 aromatic heterocycles. The van der Waals surface area contributed by atoms with Gasteiger partial charge in [-0.3, -0.25) is 9.69 Å². The summed E-state index contributed by atoms with van der Waals surface area (Å²) < 4.78 is 16.7. The zero-order valence-electron chi connectivity index (χ0n) is 17.9. The Bertz CT molecular complexity index is 1100. The highest BCUT2D eigenvalue weighted by molar-refractivity contribution is 5.81. The molecule has 2 saturated heterocycles. The van der Waals surface area contributed by atoms with Gasteiger partial charge in [0.15, 0.2) is 0 Å². The second-order valence-corrected chi connectivity index (χ2v) is 8.50. The predicted molar refractivity (Wildman–Crippen MR) is 121 cm³/mol. The molecule has 6 nitrogen and oxygen atoms in total. The van der Waals surface area contributed by atoms with Crippen molar-refractivity contribution in [3.63, 3.8) is 0 Å². The van der Waals surface area contributed by atoms with Crippen molar-refractivity contribution in [2.45, 2.75) is 12.8 Å². The van der Waals surface area contributed by atoms with Gasteiger partial charge in [-0.25, -0.2) is 9.37 Å². The molecule has 0 N–H and O–H groups in total. The number of rotatable bonds is 4. The van der Waals surface area contributed by atoms with Crippen LogP contribution in [0.3, 0.4) is 0 Å². The molecule has 0 aliphatic carbocycles. The fourth-order valence-electron chi connectivity index (χ4n) is 4.69. The molecule has 7 heteroatoms. The number of aryl methyl sites for hydroxylation is 1. The van der Waals surface area contributed by atoms with E-state index in [0.717, 1.165) is 68.8 Å². The van der Waals surface area contributed by atoms with Crippen LogP contribution in [0.25, 0.3) is 22.4 Å². The Morgan fingerprint density at radius 3 is 2.48 bits per heavy atom. The van der Waals surface area contributed by atoms with E-state index < -0.39 is 0 Å². The number of hydrogen-bond donors (Lipinski definition) is 0. The van der Waals surface area contributed by atoms with E-state index in [9.17, 15) is 9.18 Å². The van der Waals surface area contributed by atoms with Gasteiger partial charge in [0.2, 0.25) is 5.91 Å². The largest absolute Gasteiger partial charge is 0.369 e. The summed E-state index contributed by atoms with van der Waals surface area (Å²) in [6.45, 7) is 5.61. The van der Waals surface area contributed by atoms with Crippen molar-refractivity contribution in [1.29, 1.82) is 0 Å². The molecular formula is C24H28FN5O. The van der Waals surface area contributed by atoms with Crippen LogP contribution in [-0.4, -0.2) is 71.1 Å². The Morgan fingerprint density at radius 2 is 1.74 bits per heavy atom. The van der Waals surface area contributed by atoms with Crippen molar-refractivity contribution in [1.82, 2.24) is 19.4 Å². The molecule has 0 spiro atoms. The zero-order valence-corrected chi connectivity index (χ0v) is 17.9. The van der Waals surface area contributed by atoms with Crippen LogP contribution in [0.2, 0.25) is 0 Å². The maximum Gasteiger partial charge on any atom is 0.236 e. The van der Waals surface area contributed by atoms with Gasteiger partial charge in [-0.1, -0.05) is 12.1 Å². The van der Waals surface area contributed by atoms with Crippen LogP contribution in [0.5, 0.6) is 0 Å². The second-order valence-electron chi connectivity index (χ2n) is 8.50. The zero-order chi connectivity index (χ0) is 21.4. The summed E-state index contributed by atoms with van der Waals surface area (Å²) in [5.41, 5.74) is 3.36. The molecule has 0 bridgehead atoms. The number of imidazole rings is 1. The number of fused-ring (bicyclic) bond motifs is 1. The van der Waals surface area contributed by atoms with Crippen LogP contribution in [0.15, 0.2) is 42.5 Å². The molecule has 3 heterocycles. The lowest BCUT2D eigenvalue weighted by Crippen LogP contribution is -2.49. The van der Waals surface area contributed by atoms with E-state index in [1.807, 2.05) is 52.9 Å². The molecule has 0 radical (unpaired) electrons. The number of amides is 1. The van der Waals surface area contributed by atoms with Crippen LogP contribution in [-0.2, 0) is 11.8 Å². The average molecular weight is 422 g/mol. The molecule has 1 amide bonds. The number of piperazine rings is 1. The third kappa shape index (κ3) is 3.90. The summed E-state index contributed by atoms with van der Waals surface area (Å²) in [7, 11) is 1.92. The average Bonchev–Trinajstić information content (AvgIpc) is 3.44. The first-order chi connectivity index (χ1) is 15.1. The summed E-state index contributed by atoms with van der Waals surface area (Å²) in [4.78, 5) is 23.6. The molecule has 162 valence electrons. The van der Waals surface area contributed by atoms with Crippen LogP contribution in [0.1, 0.15) is 12.8 Å². The van der Waals surface area contributed by atoms with Crippen molar-refractivity contribution in [2.24, 2.45) is 7.05 Å². The Labute approximate surface area is 181 Å². The summed E-state index contributed by atoms with van der Waals surface area (Å²) in [6.07, 6.45) is 2.25. The van der Waals surface area contributed by atoms with Gasteiger partial charge >= 0.3 is 0 Å². The van der Waals surface area contributed by atoms with Crippen LogP contribution in [0.4, 0.5) is 10.1 Å². The lowest BCUT2D eigenvalue weighted by atomic mass is 10.1. The van der Waals surface area contributed by atoms with Crippen molar-refractivity contribution < 1.29 is 9.18 Å². The van der Waals surface area contributed by atoms with E-state index >= 15 is 0 Å². The number of hydrogen-bond acceptors (Lipinski definition) is 4. The van der Waals surface area contributed by atoms with E-state index in [4.69, 9.17) is 0 Å². The predicted octanol–water partition coefficient (Wildman–Crippen LogP) is 3.12. The van der Waals surface area contributed by atoms with Gasteiger partial charge < -0.3 is 14.4 Å². The van der Waals surface area contributed by atoms with Gasteiger partial charge in [0.1, 0.15) is 11.6 Å². The first kappa shape index (κ1) is 20.0. The molecule has 2 aliphatic heterocycles. The third-order valence-electron chi connectivity index (χ3n) is 6.53. The van der Waals surface area contributed by atoms with Crippen molar-refractivity contribution in [3.8, 4) is 11.4 Å². The Balaban J connectivity index is 1.30. The maximum absolute atomic E-state index is 14.8. The van der Waals surface area contributed by atoms with E-state index in [1.54, 1.807) is 0 Å². The monoisotopic (exact) mass is 421 g/mol. The summed E-state index contributed by atoms with van der Waals surface area (Å²) >= 11 is 0. The second kappa shape index (κ2) is 8.30. The third-order valence-corrected chi connectivity index (χ3v) is 6.53. The first-order valence-corrected chi connectivity index (χ1v) is 11.1. The topological polar surface area (TPSA) is 44.6 Å². The van der Waals surface area contributed by atoms with Crippen LogP contribution < -0.4 is 4.90 Å². The molecular weight excluding hydrogens is 393 g/mol. The quantitative estimate of drug-likeness (QED) is 0.649. The molecule has 5 rings (SSSR count). The summed E-state index contributed by atoms with van der Waals surface area (Å²) in [5, 5.41) is 0. The molecule has 2 aromatic carbocycles. The number of halogens is 1. The number of likely N-dealkylation sites (tertiary alicyclic amines) is 1. The Hall–Kier alpha value is -2.93. The van der Waals surface area contributed by atoms with E-state index in [-0.39, 0.29) is 11.7 Å². The maximum atomic E-state index is 14.8. The normalized spacial score (nSPS) is 17.6. The summed E-state index contributed by atoms with van der Waals surface area (Å²) in [6, 6.07) is 13.1. The minimum atomic E-state index is -0.267. The fourth-order valence-corrected chi connectivity index (χ4v) is 4.69. The Kier molecular flexibility index (Phi) is 5.36. The first-order valence-electron chi connectivity index (χ1n) is 11.1. The number of carbonyl (C=O) groups excluding carboxylic acids is 1. The highest BCUT2D eigenvalue weighted by Crippen LogP contribution is 2.30. The minimum Gasteiger partial charge on any atom is -0.369 e. The molecule has 2 fully saturated rings. The van der Waals surface area contributed by atoms with E-state index in [2.05, 4.69) is 14.8 Å². The van der Waals surface area contributed by atoms with E-state index in [0.29, 0.717) is 17.9 Å². The van der Waals surface area contributed by atoms with Gasteiger partial charge in [0.25, 0.3) is 0 Å². The smallest absolute Gasteiger partial charge is 0.236 e. The van der Waals surface area contributed by atoms with Gasteiger partial charge in [0.05, 0.1) is 23.1 Å².